The normalized spacial score (nSPS) is 19.4. The first-order valence-corrected chi connectivity index (χ1v) is 6.51. The van der Waals surface area contributed by atoms with Gasteiger partial charge in [0.2, 0.25) is 0 Å². The Balaban J connectivity index is 0.00000162. The quantitative estimate of drug-likeness (QED) is 0.911. The molecule has 1 aromatic heterocycles. The Hall–Kier alpha value is -0.510. The molecule has 2 rings (SSSR count). The Morgan fingerprint density at radius 1 is 1.32 bits per heavy atom. The topological polar surface area (TPSA) is 36.1 Å². The lowest BCUT2D eigenvalue weighted by molar-refractivity contribution is 0.150. The molecule has 0 spiro atoms. The molecular weight excluding hydrogens is 283 g/mol. The number of likely N-dealkylation sites (tertiary alicyclic amines) is 1. The van der Waals surface area contributed by atoms with Crippen molar-refractivity contribution in [3.63, 3.8) is 0 Å². The van der Waals surface area contributed by atoms with Gasteiger partial charge in [-0.1, -0.05) is 6.42 Å². The first-order chi connectivity index (χ1) is 8.09. The van der Waals surface area contributed by atoms with E-state index in [1.165, 1.54) is 19.3 Å². The third kappa shape index (κ3) is 4.23. The van der Waals surface area contributed by atoms with Crippen LogP contribution >= 0.6 is 24.8 Å². The summed E-state index contributed by atoms with van der Waals surface area (Å²) in [5.74, 6) is 0. The van der Waals surface area contributed by atoms with Crippen LogP contribution in [0.3, 0.4) is 0 Å². The minimum Gasteiger partial charge on any atom is -0.363 e. The van der Waals surface area contributed by atoms with Crippen LogP contribution in [0.25, 0.3) is 0 Å². The summed E-state index contributed by atoms with van der Waals surface area (Å²) in [6.07, 6.45) is 5.72. The second-order valence-corrected chi connectivity index (χ2v) is 5.22. The predicted octanol–water partition coefficient (Wildman–Crippen LogP) is 3.21. The molecule has 1 atom stereocenters. The van der Waals surface area contributed by atoms with Crippen molar-refractivity contribution in [1.82, 2.24) is 9.88 Å². The largest absolute Gasteiger partial charge is 0.363 e. The zero-order valence-electron chi connectivity index (χ0n) is 11.9. The number of piperidine rings is 1. The zero-order valence-corrected chi connectivity index (χ0v) is 13.5. The third-order valence-electron chi connectivity index (χ3n) is 3.92. The maximum absolute atomic E-state index is 11.9. The van der Waals surface area contributed by atoms with Crippen molar-refractivity contribution in [2.24, 2.45) is 0 Å². The maximum atomic E-state index is 11.9. The van der Waals surface area contributed by atoms with E-state index in [0.29, 0.717) is 6.04 Å². The highest BCUT2D eigenvalue weighted by atomic mass is 35.5. The van der Waals surface area contributed by atoms with Crippen molar-refractivity contribution < 1.29 is 0 Å². The van der Waals surface area contributed by atoms with Gasteiger partial charge in [-0.05, 0) is 40.2 Å². The van der Waals surface area contributed by atoms with Gasteiger partial charge in [0.15, 0.2) is 5.43 Å². The molecule has 3 nitrogen and oxygen atoms in total. The van der Waals surface area contributed by atoms with E-state index in [1.807, 2.05) is 20.0 Å². The minimum absolute atomic E-state index is 0. The smallest absolute Gasteiger partial charge is 0.187 e. The van der Waals surface area contributed by atoms with Gasteiger partial charge in [-0.25, -0.2) is 0 Å². The molecule has 1 aliphatic rings. The fourth-order valence-electron chi connectivity index (χ4n) is 2.56. The lowest BCUT2D eigenvalue weighted by Gasteiger charge is -2.33. The van der Waals surface area contributed by atoms with Crippen molar-refractivity contribution in [3.05, 3.63) is 33.2 Å². The highest BCUT2D eigenvalue weighted by Gasteiger charge is 2.19. The number of rotatable bonds is 2. The van der Waals surface area contributed by atoms with Crippen LogP contribution in [0.5, 0.6) is 0 Å². The van der Waals surface area contributed by atoms with Crippen molar-refractivity contribution in [1.29, 1.82) is 0 Å². The predicted molar refractivity (Wildman–Crippen MR) is 84.8 cm³/mol. The lowest BCUT2D eigenvalue weighted by atomic mass is 10.0. The lowest BCUT2D eigenvalue weighted by Crippen LogP contribution is -2.37. The fourth-order valence-corrected chi connectivity index (χ4v) is 2.56. The number of halogens is 2. The van der Waals surface area contributed by atoms with Gasteiger partial charge >= 0.3 is 0 Å². The minimum atomic E-state index is 0. The Kier molecular flexibility index (Phi) is 7.72. The van der Waals surface area contributed by atoms with Gasteiger partial charge in [0.25, 0.3) is 0 Å². The molecule has 2 heterocycles. The van der Waals surface area contributed by atoms with Gasteiger partial charge in [-0.2, -0.15) is 0 Å². The third-order valence-corrected chi connectivity index (χ3v) is 3.92. The Morgan fingerprint density at radius 3 is 2.63 bits per heavy atom. The Labute approximate surface area is 127 Å². The van der Waals surface area contributed by atoms with E-state index in [4.69, 9.17) is 0 Å². The standard InChI is InChI=1S/C14H22N2O.2ClH/c1-10-8-15-13(12(3)14(10)17)9-16-7-5-4-6-11(16)2;;/h8,11H,4-7,9H2,1-3H3,(H,15,17);2*1H. The van der Waals surface area contributed by atoms with Crippen LogP contribution < -0.4 is 5.43 Å². The van der Waals surface area contributed by atoms with Gasteiger partial charge in [0.05, 0.1) is 0 Å². The number of aromatic nitrogens is 1. The summed E-state index contributed by atoms with van der Waals surface area (Å²) in [6, 6.07) is 0.632. The van der Waals surface area contributed by atoms with E-state index >= 15 is 0 Å². The van der Waals surface area contributed by atoms with E-state index in [-0.39, 0.29) is 30.2 Å². The fraction of sp³-hybridized carbons (Fsp3) is 0.643. The monoisotopic (exact) mass is 306 g/mol. The van der Waals surface area contributed by atoms with Crippen LogP contribution in [-0.2, 0) is 6.54 Å². The molecule has 0 bridgehead atoms. The van der Waals surface area contributed by atoms with Crippen molar-refractivity contribution in [2.45, 2.75) is 52.6 Å². The Bertz CT molecular complexity index is 459. The summed E-state index contributed by atoms with van der Waals surface area (Å²) in [6.45, 7) is 8.09. The molecule has 0 saturated carbocycles. The maximum Gasteiger partial charge on any atom is 0.187 e. The van der Waals surface area contributed by atoms with E-state index < -0.39 is 0 Å². The zero-order chi connectivity index (χ0) is 12.4. The number of nitrogens with one attached hydrogen (secondary N) is 1. The van der Waals surface area contributed by atoms with Gasteiger partial charge in [0.1, 0.15) is 0 Å². The second kappa shape index (κ2) is 7.93. The number of nitrogens with zero attached hydrogens (tertiary/aromatic N) is 1. The summed E-state index contributed by atoms with van der Waals surface area (Å²) < 4.78 is 0. The van der Waals surface area contributed by atoms with Crippen LogP contribution in [0.2, 0.25) is 0 Å². The summed E-state index contributed by atoms with van der Waals surface area (Å²) in [5, 5.41) is 0. The number of H-pyrrole nitrogens is 1. The van der Waals surface area contributed by atoms with E-state index in [9.17, 15) is 4.79 Å². The molecule has 1 aliphatic heterocycles. The molecule has 110 valence electrons. The number of pyridine rings is 1. The van der Waals surface area contributed by atoms with Crippen molar-refractivity contribution >= 4 is 24.8 Å². The molecule has 0 amide bonds. The van der Waals surface area contributed by atoms with Gasteiger partial charge in [0, 0.05) is 35.6 Å². The molecule has 0 aromatic carbocycles. The van der Waals surface area contributed by atoms with E-state index in [1.54, 1.807) is 0 Å². The Morgan fingerprint density at radius 2 is 2.00 bits per heavy atom. The molecule has 19 heavy (non-hydrogen) atoms. The molecule has 1 unspecified atom stereocenters. The average molecular weight is 307 g/mol. The number of aryl methyl sites for hydroxylation is 1. The molecule has 1 fully saturated rings. The van der Waals surface area contributed by atoms with Gasteiger partial charge in [-0.3, -0.25) is 9.69 Å². The van der Waals surface area contributed by atoms with Gasteiger partial charge < -0.3 is 4.98 Å². The van der Waals surface area contributed by atoms with Gasteiger partial charge in [-0.15, -0.1) is 24.8 Å². The summed E-state index contributed by atoms with van der Waals surface area (Å²) in [7, 11) is 0. The van der Waals surface area contributed by atoms with Crippen LogP contribution in [0.4, 0.5) is 0 Å². The van der Waals surface area contributed by atoms with Crippen molar-refractivity contribution in [2.75, 3.05) is 6.54 Å². The molecule has 1 saturated heterocycles. The SMILES string of the molecule is Cc1c[nH]c(CN2CCCCC2C)c(C)c1=O.Cl.Cl. The number of hydrogen-bond acceptors (Lipinski definition) is 2. The molecule has 1 aromatic rings. The van der Waals surface area contributed by atoms with Crippen LogP contribution in [0.15, 0.2) is 11.0 Å². The average Bonchev–Trinajstić information content (AvgIpc) is 2.32. The number of aromatic amines is 1. The first-order valence-electron chi connectivity index (χ1n) is 6.51. The molecule has 0 radical (unpaired) electrons. The van der Waals surface area contributed by atoms with Crippen LogP contribution in [0, 0.1) is 13.8 Å². The van der Waals surface area contributed by atoms with Crippen molar-refractivity contribution in [3.8, 4) is 0 Å². The second-order valence-electron chi connectivity index (χ2n) is 5.22. The summed E-state index contributed by atoms with van der Waals surface area (Å²) in [4.78, 5) is 17.6. The van der Waals surface area contributed by atoms with E-state index in [2.05, 4.69) is 16.8 Å². The highest BCUT2D eigenvalue weighted by molar-refractivity contribution is 5.85. The molecule has 1 N–H and O–H groups in total. The first kappa shape index (κ1) is 18.5. The van der Waals surface area contributed by atoms with Crippen LogP contribution in [0.1, 0.15) is 43.0 Å². The molecule has 5 heteroatoms. The number of hydrogen-bond donors (Lipinski definition) is 1. The summed E-state index contributed by atoms with van der Waals surface area (Å²) in [5.41, 5.74) is 2.94. The molecule has 0 aliphatic carbocycles. The summed E-state index contributed by atoms with van der Waals surface area (Å²) >= 11 is 0. The van der Waals surface area contributed by atoms with Crippen LogP contribution in [-0.4, -0.2) is 22.5 Å². The van der Waals surface area contributed by atoms with E-state index in [0.717, 1.165) is 29.9 Å². The highest BCUT2D eigenvalue weighted by Crippen LogP contribution is 2.18. The molecular formula is C14H24Cl2N2O.